The van der Waals surface area contributed by atoms with Crippen molar-refractivity contribution >= 4 is 5.78 Å². The first-order valence-corrected chi connectivity index (χ1v) is 7.22. The second-order valence-electron chi connectivity index (χ2n) is 6.86. The van der Waals surface area contributed by atoms with Gasteiger partial charge in [0.05, 0.1) is 0 Å². The fourth-order valence-electron chi connectivity index (χ4n) is 3.60. The molecular formula is C15H27NO. The molecule has 0 aliphatic heterocycles. The summed E-state index contributed by atoms with van der Waals surface area (Å²) < 4.78 is 0. The fraction of sp³-hybridized carbons (Fsp3) is 0.933. The van der Waals surface area contributed by atoms with Crippen LogP contribution in [0.15, 0.2) is 0 Å². The molecule has 0 aromatic carbocycles. The Morgan fingerprint density at radius 1 is 1.18 bits per heavy atom. The maximum atomic E-state index is 12.2. The van der Waals surface area contributed by atoms with E-state index in [0.717, 1.165) is 25.3 Å². The van der Waals surface area contributed by atoms with Crippen LogP contribution in [0.4, 0.5) is 0 Å². The average molecular weight is 237 g/mol. The third-order valence-electron chi connectivity index (χ3n) is 4.73. The predicted octanol–water partition coefficient (Wildman–Crippen LogP) is 3.11. The van der Waals surface area contributed by atoms with Gasteiger partial charge in [-0.25, -0.2) is 0 Å². The topological polar surface area (TPSA) is 20.3 Å². The molecule has 0 bridgehead atoms. The molecule has 0 radical (unpaired) electrons. The highest BCUT2D eigenvalue weighted by Gasteiger charge is 2.40. The fourth-order valence-corrected chi connectivity index (χ4v) is 3.60. The maximum Gasteiger partial charge on any atom is 0.142 e. The molecule has 2 aliphatic carbocycles. The van der Waals surface area contributed by atoms with Gasteiger partial charge in [0, 0.05) is 24.4 Å². The normalized spacial score (nSPS) is 29.4. The van der Waals surface area contributed by atoms with E-state index in [1.165, 1.54) is 32.2 Å². The van der Waals surface area contributed by atoms with Gasteiger partial charge in [0.25, 0.3) is 0 Å². The molecule has 0 aromatic heterocycles. The summed E-state index contributed by atoms with van der Waals surface area (Å²) >= 11 is 0. The van der Waals surface area contributed by atoms with E-state index in [-0.39, 0.29) is 5.41 Å². The van der Waals surface area contributed by atoms with Gasteiger partial charge in [0.2, 0.25) is 0 Å². The standard InChI is InChI=1S/C15H27NO/c1-15(2)9-8-13(14(15)17)11-16(3)10-12-6-4-5-7-12/h12-13H,4-11H2,1-3H3. The zero-order chi connectivity index (χ0) is 12.5. The Labute approximate surface area is 106 Å². The molecule has 0 N–H and O–H groups in total. The Morgan fingerprint density at radius 2 is 1.82 bits per heavy atom. The van der Waals surface area contributed by atoms with Gasteiger partial charge >= 0.3 is 0 Å². The molecule has 98 valence electrons. The van der Waals surface area contributed by atoms with Crippen LogP contribution in [0.3, 0.4) is 0 Å². The summed E-state index contributed by atoms with van der Waals surface area (Å²) in [5.74, 6) is 1.69. The Bertz CT molecular complexity index is 279. The Kier molecular flexibility index (Phi) is 3.92. The van der Waals surface area contributed by atoms with Crippen LogP contribution < -0.4 is 0 Å². The van der Waals surface area contributed by atoms with Crippen LogP contribution in [0.1, 0.15) is 52.4 Å². The van der Waals surface area contributed by atoms with Gasteiger partial charge in [-0.1, -0.05) is 26.7 Å². The van der Waals surface area contributed by atoms with Gasteiger partial charge in [0.15, 0.2) is 0 Å². The molecule has 1 unspecified atom stereocenters. The molecule has 2 aliphatic rings. The molecule has 0 spiro atoms. The number of carbonyl (C=O) groups excluding carboxylic acids is 1. The monoisotopic (exact) mass is 237 g/mol. The van der Waals surface area contributed by atoms with E-state index in [4.69, 9.17) is 0 Å². The lowest BCUT2D eigenvalue weighted by Gasteiger charge is -2.24. The summed E-state index contributed by atoms with van der Waals surface area (Å²) in [5.41, 5.74) is -0.0567. The van der Waals surface area contributed by atoms with Crippen LogP contribution in [0.5, 0.6) is 0 Å². The summed E-state index contributed by atoms with van der Waals surface area (Å²) in [7, 11) is 2.19. The van der Waals surface area contributed by atoms with Crippen LogP contribution in [0.2, 0.25) is 0 Å². The van der Waals surface area contributed by atoms with Crippen LogP contribution in [-0.2, 0) is 4.79 Å². The van der Waals surface area contributed by atoms with Gasteiger partial charge < -0.3 is 4.90 Å². The summed E-state index contributed by atoms with van der Waals surface area (Å²) in [6.45, 7) is 6.39. The third kappa shape index (κ3) is 3.09. The van der Waals surface area contributed by atoms with Crippen molar-refractivity contribution in [3.05, 3.63) is 0 Å². The smallest absolute Gasteiger partial charge is 0.142 e. The summed E-state index contributed by atoms with van der Waals surface area (Å²) in [6, 6.07) is 0. The molecule has 0 saturated heterocycles. The van der Waals surface area contributed by atoms with E-state index in [1.54, 1.807) is 0 Å². The molecule has 2 heteroatoms. The van der Waals surface area contributed by atoms with E-state index in [1.807, 2.05) is 0 Å². The van der Waals surface area contributed by atoms with E-state index in [9.17, 15) is 4.79 Å². The van der Waals surface area contributed by atoms with Crippen molar-refractivity contribution in [3.8, 4) is 0 Å². The molecule has 2 saturated carbocycles. The van der Waals surface area contributed by atoms with Crippen molar-refractivity contribution in [2.24, 2.45) is 17.3 Å². The Hall–Kier alpha value is -0.370. The van der Waals surface area contributed by atoms with Crippen LogP contribution >= 0.6 is 0 Å². The summed E-state index contributed by atoms with van der Waals surface area (Å²) in [4.78, 5) is 14.6. The number of ketones is 1. The minimum atomic E-state index is -0.0567. The molecule has 2 fully saturated rings. The average Bonchev–Trinajstić information content (AvgIpc) is 2.82. The summed E-state index contributed by atoms with van der Waals surface area (Å²) in [5, 5.41) is 0. The third-order valence-corrected chi connectivity index (χ3v) is 4.73. The van der Waals surface area contributed by atoms with E-state index in [0.29, 0.717) is 11.7 Å². The lowest BCUT2D eigenvalue weighted by atomic mass is 9.89. The van der Waals surface area contributed by atoms with Crippen molar-refractivity contribution in [1.29, 1.82) is 0 Å². The molecule has 2 nitrogen and oxygen atoms in total. The van der Waals surface area contributed by atoms with Crippen LogP contribution in [-0.4, -0.2) is 30.8 Å². The quantitative estimate of drug-likeness (QED) is 0.749. The number of hydrogen-bond acceptors (Lipinski definition) is 2. The van der Waals surface area contributed by atoms with Crippen molar-refractivity contribution in [2.45, 2.75) is 52.4 Å². The second kappa shape index (κ2) is 5.09. The molecule has 17 heavy (non-hydrogen) atoms. The lowest BCUT2D eigenvalue weighted by molar-refractivity contribution is -0.127. The van der Waals surface area contributed by atoms with E-state index < -0.39 is 0 Å². The molecule has 2 rings (SSSR count). The maximum absolute atomic E-state index is 12.2. The lowest BCUT2D eigenvalue weighted by Crippen LogP contribution is -2.33. The highest BCUT2D eigenvalue weighted by atomic mass is 16.1. The van der Waals surface area contributed by atoms with Crippen molar-refractivity contribution < 1.29 is 4.79 Å². The highest BCUT2D eigenvalue weighted by molar-refractivity contribution is 5.88. The Balaban J connectivity index is 1.79. The number of Topliss-reactive ketones (excluding diaryl/α,β-unsaturated/α-hetero) is 1. The predicted molar refractivity (Wildman–Crippen MR) is 71.0 cm³/mol. The molecule has 0 heterocycles. The van der Waals surface area contributed by atoms with Gasteiger partial charge in [-0.15, -0.1) is 0 Å². The second-order valence-corrected chi connectivity index (χ2v) is 6.86. The Morgan fingerprint density at radius 3 is 2.35 bits per heavy atom. The molecular weight excluding hydrogens is 210 g/mol. The SMILES string of the molecule is CN(CC1CCCC1)CC1CCC(C)(C)C1=O. The minimum absolute atomic E-state index is 0.0567. The van der Waals surface area contributed by atoms with Crippen molar-refractivity contribution in [3.63, 3.8) is 0 Å². The molecule has 0 amide bonds. The number of nitrogens with zero attached hydrogens (tertiary/aromatic N) is 1. The van der Waals surface area contributed by atoms with Gasteiger partial charge in [0.1, 0.15) is 5.78 Å². The minimum Gasteiger partial charge on any atom is -0.305 e. The zero-order valence-corrected chi connectivity index (χ0v) is 11.7. The first-order valence-electron chi connectivity index (χ1n) is 7.22. The first kappa shape index (κ1) is 13.1. The van der Waals surface area contributed by atoms with Crippen LogP contribution in [0.25, 0.3) is 0 Å². The number of hydrogen-bond donors (Lipinski definition) is 0. The zero-order valence-electron chi connectivity index (χ0n) is 11.7. The van der Waals surface area contributed by atoms with Gasteiger partial charge in [-0.2, -0.15) is 0 Å². The van der Waals surface area contributed by atoms with Gasteiger partial charge in [-0.3, -0.25) is 4.79 Å². The number of rotatable bonds is 4. The van der Waals surface area contributed by atoms with E-state index in [2.05, 4.69) is 25.8 Å². The molecule has 1 atom stereocenters. The van der Waals surface area contributed by atoms with Crippen molar-refractivity contribution in [1.82, 2.24) is 4.90 Å². The first-order chi connectivity index (χ1) is 7.99. The largest absolute Gasteiger partial charge is 0.305 e. The van der Waals surface area contributed by atoms with E-state index >= 15 is 0 Å². The van der Waals surface area contributed by atoms with Crippen molar-refractivity contribution in [2.75, 3.05) is 20.1 Å². The van der Waals surface area contributed by atoms with Crippen LogP contribution in [0, 0.1) is 17.3 Å². The number of carbonyl (C=O) groups is 1. The molecule has 0 aromatic rings. The highest BCUT2D eigenvalue weighted by Crippen LogP contribution is 2.38. The van der Waals surface area contributed by atoms with Gasteiger partial charge in [-0.05, 0) is 38.6 Å². The summed E-state index contributed by atoms with van der Waals surface area (Å²) in [6.07, 6.45) is 7.79.